The Kier molecular flexibility index (Phi) is 2.82. The first-order valence-corrected chi connectivity index (χ1v) is 5.62. The lowest BCUT2D eigenvalue weighted by atomic mass is 10.1. The summed E-state index contributed by atoms with van der Waals surface area (Å²) in [6, 6.07) is 3.67. The van der Waals surface area contributed by atoms with Crippen molar-refractivity contribution in [3.8, 4) is 0 Å². The van der Waals surface area contributed by atoms with Crippen LogP contribution in [0.5, 0.6) is 0 Å². The van der Waals surface area contributed by atoms with Crippen molar-refractivity contribution in [2.45, 2.75) is 18.9 Å². The number of nitrogens with two attached hydrogens (primary N) is 1. The minimum absolute atomic E-state index is 0.342. The molecule has 1 fully saturated rings. The Labute approximate surface area is 100 Å². The van der Waals surface area contributed by atoms with Crippen LogP contribution in [-0.2, 0) is 0 Å². The summed E-state index contributed by atoms with van der Waals surface area (Å²) >= 11 is 4.99. The quantitative estimate of drug-likeness (QED) is 0.741. The predicted octanol–water partition coefficient (Wildman–Crippen LogP) is 0.677. The summed E-state index contributed by atoms with van der Waals surface area (Å²) in [6.07, 6.45) is 2.45. The average Bonchev–Trinajstić information content (AvgIpc) is 2.59. The molecular weight excluding hydrogens is 222 g/mol. The van der Waals surface area contributed by atoms with Crippen LogP contribution in [0.15, 0.2) is 18.3 Å². The van der Waals surface area contributed by atoms with E-state index in [1.54, 1.807) is 6.20 Å². The van der Waals surface area contributed by atoms with Crippen molar-refractivity contribution in [1.29, 1.82) is 0 Å². The monoisotopic (exact) mass is 237 g/mol. The Balaban J connectivity index is 2.31. The molecule has 1 aliphatic heterocycles. The van der Waals surface area contributed by atoms with E-state index in [0.717, 1.165) is 24.3 Å². The fourth-order valence-electron chi connectivity index (χ4n) is 1.97. The van der Waals surface area contributed by atoms with Crippen molar-refractivity contribution in [3.63, 3.8) is 0 Å². The van der Waals surface area contributed by atoms with Crippen molar-refractivity contribution in [1.82, 2.24) is 4.98 Å². The number of pyridine rings is 1. The number of β-amino-alcohol motifs (C(OH)–C–C–N with tert-alkyl or cyclic N) is 1. The Morgan fingerprint density at radius 2 is 2.44 bits per heavy atom. The van der Waals surface area contributed by atoms with E-state index in [2.05, 4.69) is 4.98 Å². The summed E-state index contributed by atoms with van der Waals surface area (Å²) in [5.41, 5.74) is 5.78. The van der Waals surface area contributed by atoms with Gasteiger partial charge in [0.1, 0.15) is 10.8 Å². The second-order valence-corrected chi connectivity index (χ2v) is 4.85. The van der Waals surface area contributed by atoms with Gasteiger partial charge in [0.05, 0.1) is 11.2 Å². The molecule has 1 atom stereocenters. The van der Waals surface area contributed by atoms with Gasteiger partial charge in [-0.15, -0.1) is 0 Å². The lowest BCUT2D eigenvalue weighted by Gasteiger charge is -2.21. The van der Waals surface area contributed by atoms with Crippen LogP contribution in [0.1, 0.15) is 18.9 Å². The van der Waals surface area contributed by atoms with Crippen molar-refractivity contribution in [3.05, 3.63) is 23.9 Å². The highest BCUT2D eigenvalue weighted by atomic mass is 32.1. The van der Waals surface area contributed by atoms with E-state index in [1.807, 2.05) is 24.0 Å². The molecule has 0 aliphatic carbocycles. The number of hydrogen-bond acceptors (Lipinski definition) is 4. The van der Waals surface area contributed by atoms with Gasteiger partial charge in [-0.05, 0) is 25.5 Å². The largest absolute Gasteiger partial charge is 0.389 e. The third-order valence-electron chi connectivity index (χ3n) is 2.80. The molecule has 1 aromatic heterocycles. The second kappa shape index (κ2) is 3.99. The van der Waals surface area contributed by atoms with Gasteiger partial charge in [0, 0.05) is 19.3 Å². The number of thiocarbonyl (C=S) groups is 1. The molecule has 0 bridgehead atoms. The molecule has 0 aromatic carbocycles. The smallest absolute Gasteiger partial charge is 0.138 e. The van der Waals surface area contributed by atoms with Crippen LogP contribution in [-0.4, -0.2) is 33.8 Å². The molecule has 2 rings (SSSR count). The van der Waals surface area contributed by atoms with Crippen LogP contribution < -0.4 is 10.6 Å². The molecule has 1 unspecified atom stereocenters. The van der Waals surface area contributed by atoms with Gasteiger partial charge in [0.15, 0.2) is 0 Å². The molecule has 0 radical (unpaired) electrons. The third kappa shape index (κ3) is 2.15. The third-order valence-corrected chi connectivity index (χ3v) is 3.02. The minimum Gasteiger partial charge on any atom is -0.389 e. The second-order valence-electron chi connectivity index (χ2n) is 4.41. The fraction of sp³-hybridized carbons (Fsp3) is 0.455. The molecule has 2 heterocycles. The number of nitrogens with zero attached hydrogens (tertiary/aromatic N) is 2. The summed E-state index contributed by atoms with van der Waals surface area (Å²) in [5, 5.41) is 9.92. The van der Waals surface area contributed by atoms with Gasteiger partial charge in [-0.25, -0.2) is 4.98 Å². The number of anilines is 1. The van der Waals surface area contributed by atoms with Crippen LogP contribution in [0.2, 0.25) is 0 Å². The van der Waals surface area contributed by atoms with E-state index in [-0.39, 0.29) is 0 Å². The van der Waals surface area contributed by atoms with Gasteiger partial charge in [0.2, 0.25) is 0 Å². The van der Waals surface area contributed by atoms with Crippen LogP contribution >= 0.6 is 12.2 Å². The van der Waals surface area contributed by atoms with Crippen LogP contribution in [0.4, 0.5) is 5.82 Å². The zero-order chi connectivity index (χ0) is 11.8. The van der Waals surface area contributed by atoms with Gasteiger partial charge in [-0.3, -0.25) is 0 Å². The molecular formula is C11H15N3OS. The normalized spacial score (nSPS) is 24.8. The molecule has 1 aliphatic rings. The van der Waals surface area contributed by atoms with E-state index in [9.17, 15) is 5.11 Å². The first-order valence-electron chi connectivity index (χ1n) is 5.22. The van der Waals surface area contributed by atoms with E-state index in [1.165, 1.54) is 0 Å². The zero-order valence-electron chi connectivity index (χ0n) is 9.18. The summed E-state index contributed by atoms with van der Waals surface area (Å²) in [5.74, 6) is 0.771. The molecule has 0 saturated carbocycles. The fourth-order valence-corrected chi connectivity index (χ4v) is 2.13. The average molecular weight is 237 g/mol. The SMILES string of the molecule is CC1(O)CCN(c2ncccc2C(N)=S)C1. The number of aliphatic hydroxyl groups is 1. The molecule has 3 N–H and O–H groups in total. The molecule has 0 amide bonds. The molecule has 0 spiro atoms. The van der Waals surface area contributed by atoms with Crippen LogP contribution in [0.3, 0.4) is 0 Å². The Morgan fingerprint density at radius 3 is 3.00 bits per heavy atom. The molecule has 86 valence electrons. The standard InChI is InChI=1S/C11H15N3OS/c1-11(15)4-6-14(7-11)10-8(9(12)16)3-2-5-13-10/h2-3,5,15H,4,6-7H2,1H3,(H2,12,16). The molecule has 1 saturated heterocycles. The summed E-state index contributed by atoms with van der Waals surface area (Å²) in [7, 11) is 0. The first-order chi connectivity index (χ1) is 7.49. The first kappa shape index (κ1) is 11.3. The highest BCUT2D eigenvalue weighted by Crippen LogP contribution is 2.27. The summed E-state index contributed by atoms with van der Waals surface area (Å²) < 4.78 is 0. The van der Waals surface area contributed by atoms with Crippen molar-refractivity contribution in [2.24, 2.45) is 5.73 Å². The van der Waals surface area contributed by atoms with Crippen molar-refractivity contribution in [2.75, 3.05) is 18.0 Å². The van der Waals surface area contributed by atoms with E-state index in [0.29, 0.717) is 11.5 Å². The predicted molar refractivity (Wildman–Crippen MR) is 67.6 cm³/mol. The van der Waals surface area contributed by atoms with Gasteiger partial charge in [-0.1, -0.05) is 12.2 Å². The summed E-state index contributed by atoms with van der Waals surface area (Å²) in [6.45, 7) is 3.18. The van der Waals surface area contributed by atoms with E-state index >= 15 is 0 Å². The zero-order valence-corrected chi connectivity index (χ0v) is 10.00. The molecule has 4 nitrogen and oxygen atoms in total. The maximum atomic E-state index is 9.92. The van der Waals surface area contributed by atoms with E-state index in [4.69, 9.17) is 18.0 Å². The van der Waals surface area contributed by atoms with Crippen molar-refractivity contribution < 1.29 is 5.11 Å². The maximum absolute atomic E-state index is 9.92. The van der Waals surface area contributed by atoms with Crippen molar-refractivity contribution >= 4 is 23.0 Å². The molecule has 16 heavy (non-hydrogen) atoms. The molecule has 1 aromatic rings. The van der Waals surface area contributed by atoms with Crippen LogP contribution in [0.25, 0.3) is 0 Å². The molecule has 5 heteroatoms. The topological polar surface area (TPSA) is 62.4 Å². The Hall–Kier alpha value is -1.20. The van der Waals surface area contributed by atoms with E-state index < -0.39 is 5.60 Å². The van der Waals surface area contributed by atoms with Gasteiger partial charge >= 0.3 is 0 Å². The Morgan fingerprint density at radius 1 is 1.69 bits per heavy atom. The lowest BCUT2D eigenvalue weighted by molar-refractivity contribution is 0.0839. The maximum Gasteiger partial charge on any atom is 0.138 e. The number of hydrogen-bond donors (Lipinski definition) is 2. The van der Waals surface area contributed by atoms with Gasteiger partial charge < -0.3 is 15.7 Å². The van der Waals surface area contributed by atoms with Gasteiger partial charge in [0.25, 0.3) is 0 Å². The highest BCUT2D eigenvalue weighted by Gasteiger charge is 2.32. The van der Waals surface area contributed by atoms with Crippen LogP contribution in [0, 0.1) is 0 Å². The highest BCUT2D eigenvalue weighted by molar-refractivity contribution is 7.80. The number of rotatable bonds is 2. The number of aromatic nitrogens is 1. The lowest BCUT2D eigenvalue weighted by Crippen LogP contribution is -2.31. The minimum atomic E-state index is -0.648. The summed E-state index contributed by atoms with van der Waals surface area (Å²) in [4.78, 5) is 6.66. The Bertz CT molecular complexity index is 419. The van der Waals surface area contributed by atoms with Gasteiger partial charge in [-0.2, -0.15) is 0 Å².